The Balaban J connectivity index is 2.21. The molecular formula is C20H24N2O. The average molecular weight is 308 g/mol. The molecule has 23 heavy (non-hydrogen) atoms. The first-order chi connectivity index (χ1) is 11.0. The van der Waals surface area contributed by atoms with E-state index in [0.29, 0.717) is 12.3 Å². The summed E-state index contributed by atoms with van der Waals surface area (Å²) in [6.45, 7) is 8.42. The van der Waals surface area contributed by atoms with Gasteiger partial charge in [-0.25, -0.2) is 4.98 Å². The first kappa shape index (κ1) is 15.8. The fraction of sp³-hybridized carbons (Fsp3) is 0.350. The Morgan fingerprint density at radius 1 is 1.13 bits per heavy atom. The highest BCUT2D eigenvalue weighted by Crippen LogP contribution is 2.32. The van der Waals surface area contributed by atoms with Crippen molar-refractivity contribution in [2.75, 3.05) is 0 Å². The van der Waals surface area contributed by atoms with Gasteiger partial charge in [-0.2, -0.15) is 0 Å². The van der Waals surface area contributed by atoms with Gasteiger partial charge in [0.15, 0.2) is 0 Å². The lowest BCUT2D eigenvalue weighted by molar-refractivity contribution is 0.168. The van der Waals surface area contributed by atoms with Crippen molar-refractivity contribution in [3.8, 4) is 11.3 Å². The van der Waals surface area contributed by atoms with Crippen molar-refractivity contribution in [1.82, 2.24) is 9.38 Å². The van der Waals surface area contributed by atoms with E-state index < -0.39 is 6.10 Å². The van der Waals surface area contributed by atoms with Gasteiger partial charge in [0.2, 0.25) is 0 Å². The highest BCUT2D eigenvalue weighted by Gasteiger charge is 2.20. The van der Waals surface area contributed by atoms with E-state index in [0.717, 1.165) is 28.2 Å². The van der Waals surface area contributed by atoms with Crippen LogP contribution in [0.25, 0.3) is 16.9 Å². The molecule has 2 heterocycles. The number of fused-ring (bicyclic) bond motifs is 1. The number of aliphatic hydroxyl groups excluding tert-OH is 1. The number of imidazole rings is 1. The first-order valence-corrected chi connectivity index (χ1v) is 8.28. The topological polar surface area (TPSA) is 37.5 Å². The largest absolute Gasteiger partial charge is 0.387 e. The smallest absolute Gasteiger partial charge is 0.140 e. The highest BCUT2D eigenvalue weighted by molar-refractivity contribution is 5.68. The van der Waals surface area contributed by atoms with Gasteiger partial charge in [0.05, 0.1) is 17.5 Å². The Bertz CT molecular complexity index is 816. The fourth-order valence-corrected chi connectivity index (χ4v) is 2.97. The van der Waals surface area contributed by atoms with Gasteiger partial charge in [0.25, 0.3) is 0 Å². The monoisotopic (exact) mass is 308 g/mol. The van der Waals surface area contributed by atoms with Crippen LogP contribution in [0, 0.1) is 6.92 Å². The molecule has 3 heteroatoms. The van der Waals surface area contributed by atoms with E-state index in [1.54, 1.807) is 0 Å². The SMILES string of the molecule is CCC(O)c1c(-c2ccc(C(C)C)cc2)nc2c(C)cccn12. The molecular weight excluding hydrogens is 284 g/mol. The van der Waals surface area contributed by atoms with Crippen LogP contribution in [-0.2, 0) is 0 Å². The number of aromatic nitrogens is 2. The van der Waals surface area contributed by atoms with Crippen LogP contribution >= 0.6 is 0 Å². The van der Waals surface area contributed by atoms with E-state index in [1.165, 1.54) is 5.56 Å². The number of benzene rings is 1. The molecule has 120 valence electrons. The molecule has 0 radical (unpaired) electrons. The fourth-order valence-electron chi connectivity index (χ4n) is 2.97. The van der Waals surface area contributed by atoms with E-state index >= 15 is 0 Å². The predicted octanol–water partition coefficient (Wildman–Crippen LogP) is 4.88. The molecule has 0 aliphatic heterocycles. The second-order valence-corrected chi connectivity index (χ2v) is 6.43. The molecule has 3 nitrogen and oxygen atoms in total. The number of hydrogen-bond acceptors (Lipinski definition) is 2. The summed E-state index contributed by atoms with van der Waals surface area (Å²) in [4.78, 5) is 4.83. The van der Waals surface area contributed by atoms with Gasteiger partial charge in [0.1, 0.15) is 5.65 Å². The zero-order valence-corrected chi connectivity index (χ0v) is 14.2. The lowest BCUT2D eigenvalue weighted by atomic mass is 9.99. The molecule has 0 amide bonds. The van der Waals surface area contributed by atoms with E-state index in [-0.39, 0.29) is 0 Å². The summed E-state index contributed by atoms with van der Waals surface area (Å²) in [6.07, 6.45) is 2.13. The van der Waals surface area contributed by atoms with Crippen molar-refractivity contribution < 1.29 is 5.11 Å². The summed E-state index contributed by atoms with van der Waals surface area (Å²) in [5.74, 6) is 0.507. The molecule has 1 N–H and O–H groups in total. The predicted molar refractivity (Wildman–Crippen MR) is 94.7 cm³/mol. The van der Waals surface area contributed by atoms with Crippen molar-refractivity contribution in [3.63, 3.8) is 0 Å². The Kier molecular flexibility index (Phi) is 4.22. The third-order valence-electron chi connectivity index (χ3n) is 4.44. The van der Waals surface area contributed by atoms with Crippen molar-refractivity contribution >= 4 is 5.65 Å². The number of rotatable bonds is 4. The second kappa shape index (κ2) is 6.17. The van der Waals surface area contributed by atoms with Crippen molar-refractivity contribution in [2.24, 2.45) is 0 Å². The summed E-state index contributed by atoms with van der Waals surface area (Å²) < 4.78 is 2.02. The van der Waals surface area contributed by atoms with E-state index in [2.05, 4.69) is 51.1 Å². The standard InChI is InChI=1S/C20H24N2O/c1-5-17(23)19-18(16-10-8-15(9-11-16)13(2)3)21-20-14(4)7-6-12-22(19)20/h6-13,17,23H,5H2,1-4H3. The third-order valence-corrected chi connectivity index (χ3v) is 4.44. The number of nitrogens with zero attached hydrogens (tertiary/aromatic N) is 2. The van der Waals surface area contributed by atoms with Crippen LogP contribution in [-0.4, -0.2) is 14.5 Å². The molecule has 1 atom stereocenters. The summed E-state index contributed by atoms with van der Waals surface area (Å²) in [7, 11) is 0. The van der Waals surface area contributed by atoms with Crippen LogP contribution in [0.4, 0.5) is 0 Å². The molecule has 0 spiro atoms. The molecule has 0 bridgehead atoms. The minimum absolute atomic E-state index is 0.507. The van der Waals surface area contributed by atoms with Gasteiger partial charge in [-0.1, -0.05) is 51.1 Å². The molecule has 0 saturated carbocycles. The minimum atomic E-state index is -0.522. The first-order valence-electron chi connectivity index (χ1n) is 8.28. The van der Waals surface area contributed by atoms with Crippen LogP contribution in [0.15, 0.2) is 42.6 Å². The maximum Gasteiger partial charge on any atom is 0.140 e. The van der Waals surface area contributed by atoms with Crippen molar-refractivity contribution in [3.05, 3.63) is 59.4 Å². The van der Waals surface area contributed by atoms with Crippen molar-refractivity contribution in [1.29, 1.82) is 0 Å². The summed E-state index contributed by atoms with van der Waals surface area (Å²) >= 11 is 0. The van der Waals surface area contributed by atoms with E-state index in [4.69, 9.17) is 4.98 Å². The van der Waals surface area contributed by atoms with Gasteiger partial charge >= 0.3 is 0 Å². The number of hydrogen-bond donors (Lipinski definition) is 1. The Morgan fingerprint density at radius 2 is 1.83 bits per heavy atom. The molecule has 0 aliphatic carbocycles. The number of aryl methyl sites for hydroxylation is 1. The minimum Gasteiger partial charge on any atom is -0.387 e. The molecule has 0 saturated heterocycles. The normalized spacial score (nSPS) is 13.0. The lowest BCUT2D eigenvalue weighted by Gasteiger charge is -2.11. The molecule has 1 unspecified atom stereocenters. The van der Waals surface area contributed by atoms with Gasteiger partial charge in [-0.3, -0.25) is 0 Å². The highest BCUT2D eigenvalue weighted by atomic mass is 16.3. The van der Waals surface area contributed by atoms with Crippen LogP contribution < -0.4 is 0 Å². The van der Waals surface area contributed by atoms with Crippen molar-refractivity contribution in [2.45, 2.75) is 46.1 Å². The summed E-state index contributed by atoms with van der Waals surface area (Å²) in [5, 5.41) is 10.5. The Labute approximate surface area is 137 Å². The van der Waals surface area contributed by atoms with E-state index in [1.807, 2.05) is 23.6 Å². The van der Waals surface area contributed by atoms with Crippen LogP contribution in [0.2, 0.25) is 0 Å². The van der Waals surface area contributed by atoms with Gasteiger partial charge in [0, 0.05) is 11.8 Å². The summed E-state index contributed by atoms with van der Waals surface area (Å²) in [5.41, 5.74) is 6.15. The Morgan fingerprint density at radius 3 is 2.43 bits per heavy atom. The zero-order chi connectivity index (χ0) is 16.6. The second-order valence-electron chi connectivity index (χ2n) is 6.43. The number of pyridine rings is 1. The van der Waals surface area contributed by atoms with Gasteiger partial charge in [-0.05, 0) is 36.5 Å². The third kappa shape index (κ3) is 2.77. The molecule has 0 aliphatic rings. The maximum absolute atomic E-state index is 10.5. The van der Waals surface area contributed by atoms with Crippen LogP contribution in [0.1, 0.15) is 56.0 Å². The maximum atomic E-state index is 10.5. The van der Waals surface area contributed by atoms with Gasteiger partial charge in [-0.15, -0.1) is 0 Å². The number of aliphatic hydroxyl groups is 1. The molecule has 3 rings (SSSR count). The summed E-state index contributed by atoms with van der Waals surface area (Å²) in [6, 6.07) is 12.6. The molecule has 3 aromatic rings. The quantitative estimate of drug-likeness (QED) is 0.746. The van der Waals surface area contributed by atoms with E-state index in [9.17, 15) is 5.11 Å². The zero-order valence-electron chi connectivity index (χ0n) is 14.2. The van der Waals surface area contributed by atoms with Crippen LogP contribution in [0.3, 0.4) is 0 Å². The molecule has 2 aromatic heterocycles. The lowest BCUT2D eigenvalue weighted by Crippen LogP contribution is -2.02. The van der Waals surface area contributed by atoms with Gasteiger partial charge < -0.3 is 9.51 Å². The van der Waals surface area contributed by atoms with Crippen LogP contribution in [0.5, 0.6) is 0 Å². The molecule has 1 aromatic carbocycles. The molecule has 0 fully saturated rings. The Hall–Kier alpha value is -2.13. The average Bonchev–Trinajstić information content (AvgIpc) is 2.95.